The lowest BCUT2D eigenvalue weighted by Crippen LogP contribution is -2.48. The summed E-state index contributed by atoms with van der Waals surface area (Å²) in [4.78, 5) is 16.2. The van der Waals surface area contributed by atoms with Crippen LogP contribution in [0.4, 0.5) is 13.2 Å². The third kappa shape index (κ3) is 4.97. The van der Waals surface area contributed by atoms with Gasteiger partial charge in [-0.15, -0.1) is 11.8 Å². The highest BCUT2D eigenvalue weighted by Crippen LogP contribution is 2.47. The normalized spacial score (nSPS) is 24.1. The van der Waals surface area contributed by atoms with E-state index < -0.39 is 11.7 Å². The number of carbonyl (C=O) groups excluding carboxylic acids is 1. The minimum absolute atomic E-state index is 0.00506. The van der Waals surface area contributed by atoms with E-state index in [1.165, 1.54) is 7.11 Å². The van der Waals surface area contributed by atoms with Gasteiger partial charge in [0.05, 0.1) is 18.2 Å². The smallest absolute Gasteiger partial charge is 0.416 e. The number of hydrogen-bond donors (Lipinski definition) is 0. The summed E-state index contributed by atoms with van der Waals surface area (Å²) < 4.78 is 50.7. The average Bonchev–Trinajstić information content (AvgIpc) is 2.72. The Morgan fingerprint density at radius 1 is 1.33 bits per heavy atom. The summed E-state index contributed by atoms with van der Waals surface area (Å²) in [6.07, 6.45) is 1.31. The van der Waals surface area contributed by atoms with Crippen molar-refractivity contribution in [3.05, 3.63) is 23.3 Å². The molecule has 0 N–H and O–H groups in total. The van der Waals surface area contributed by atoms with Gasteiger partial charge in [-0.2, -0.15) is 13.2 Å². The van der Waals surface area contributed by atoms with E-state index >= 15 is 0 Å². The number of ketones is 1. The first-order valence-corrected chi connectivity index (χ1v) is 11.6. The van der Waals surface area contributed by atoms with E-state index in [1.807, 2.05) is 0 Å². The Kier molecular flexibility index (Phi) is 7.40. The first-order valence-electron chi connectivity index (χ1n) is 10.3. The number of alkyl halides is 3. The molecule has 0 amide bonds. The van der Waals surface area contributed by atoms with E-state index in [1.54, 1.807) is 6.26 Å². The molecular weight excluding hydrogens is 415 g/mol. The van der Waals surface area contributed by atoms with Crippen LogP contribution in [0.2, 0.25) is 0 Å². The predicted molar refractivity (Wildman–Crippen MR) is 111 cm³/mol. The molecule has 0 aromatic heterocycles. The quantitative estimate of drug-likeness (QED) is 0.447. The van der Waals surface area contributed by atoms with E-state index in [0.29, 0.717) is 30.4 Å². The van der Waals surface area contributed by atoms with E-state index in [0.717, 1.165) is 62.7 Å². The highest BCUT2D eigenvalue weighted by Gasteiger charge is 2.44. The topological polar surface area (TPSA) is 38.8 Å². The van der Waals surface area contributed by atoms with Gasteiger partial charge in [0.1, 0.15) is 5.75 Å². The second kappa shape index (κ2) is 9.49. The van der Waals surface area contributed by atoms with E-state index in [9.17, 15) is 18.0 Å². The van der Waals surface area contributed by atoms with Crippen molar-refractivity contribution in [2.45, 2.75) is 43.2 Å². The molecule has 1 aromatic rings. The lowest BCUT2D eigenvalue weighted by Gasteiger charge is -2.48. The van der Waals surface area contributed by atoms with Crippen LogP contribution in [-0.4, -0.2) is 57.4 Å². The summed E-state index contributed by atoms with van der Waals surface area (Å²) in [6.45, 7) is 3.22. The monoisotopic (exact) mass is 445 g/mol. The second-order valence-electron chi connectivity index (χ2n) is 8.44. The molecule has 1 unspecified atom stereocenters. The first-order chi connectivity index (χ1) is 14.2. The first kappa shape index (κ1) is 23.4. The maximum Gasteiger partial charge on any atom is 0.416 e. The summed E-state index contributed by atoms with van der Waals surface area (Å²) in [6, 6.07) is 2.01. The van der Waals surface area contributed by atoms with Gasteiger partial charge in [-0.05, 0) is 69.0 Å². The third-order valence-corrected chi connectivity index (χ3v) is 7.27. The van der Waals surface area contributed by atoms with E-state index in [4.69, 9.17) is 9.47 Å². The molecule has 0 spiro atoms. The summed E-state index contributed by atoms with van der Waals surface area (Å²) in [5, 5.41) is 0. The molecule has 2 heterocycles. The fourth-order valence-electron chi connectivity index (χ4n) is 5.09. The lowest BCUT2D eigenvalue weighted by molar-refractivity contribution is -0.137. The van der Waals surface area contributed by atoms with Gasteiger partial charge in [0.15, 0.2) is 5.78 Å². The standard InChI is InChI=1S/C22H30F3NO3S/c1-26-8-4-7-21(14-26,15-5-9-29-10-6-15)13-17(27)20-18(28-2)11-16(22(23,24)25)12-19(20)30-3/h11-12,15H,4-10,13-14H2,1-3H3. The van der Waals surface area contributed by atoms with Crippen molar-refractivity contribution in [1.29, 1.82) is 0 Å². The Morgan fingerprint density at radius 2 is 2.03 bits per heavy atom. The van der Waals surface area contributed by atoms with Gasteiger partial charge in [0.25, 0.3) is 0 Å². The van der Waals surface area contributed by atoms with Crippen LogP contribution in [0.1, 0.15) is 48.0 Å². The van der Waals surface area contributed by atoms with Gasteiger partial charge in [-0.1, -0.05) is 0 Å². The van der Waals surface area contributed by atoms with Crippen molar-refractivity contribution in [3.8, 4) is 5.75 Å². The van der Waals surface area contributed by atoms with Crippen LogP contribution < -0.4 is 4.74 Å². The van der Waals surface area contributed by atoms with E-state index in [2.05, 4.69) is 11.9 Å². The lowest BCUT2D eigenvalue weighted by atomic mass is 9.64. The zero-order chi connectivity index (χ0) is 21.9. The molecule has 2 aliphatic heterocycles. The summed E-state index contributed by atoms with van der Waals surface area (Å²) in [7, 11) is 3.39. The minimum Gasteiger partial charge on any atom is -0.496 e. The van der Waals surface area contributed by atoms with Gasteiger partial charge in [-0.25, -0.2) is 0 Å². The molecule has 3 rings (SSSR count). The largest absolute Gasteiger partial charge is 0.496 e. The molecule has 1 atom stereocenters. The molecule has 8 heteroatoms. The van der Waals surface area contributed by atoms with Crippen LogP contribution in [-0.2, 0) is 10.9 Å². The number of carbonyl (C=O) groups is 1. The number of ether oxygens (including phenoxy) is 2. The van der Waals surface area contributed by atoms with Crippen LogP contribution in [0.3, 0.4) is 0 Å². The number of piperidine rings is 1. The molecule has 4 nitrogen and oxygen atoms in total. The molecule has 2 aliphatic rings. The maximum atomic E-state index is 13.6. The molecule has 30 heavy (non-hydrogen) atoms. The van der Waals surface area contributed by atoms with Crippen LogP contribution in [0.25, 0.3) is 0 Å². The molecule has 1 aromatic carbocycles. The zero-order valence-electron chi connectivity index (χ0n) is 17.8. The fourth-order valence-corrected chi connectivity index (χ4v) is 5.75. The van der Waals surface area contributed by atoms with Crippen molar-refractivity contribution in [2.24, 2.45) is 11.3 Å². The van der Waals surface area contributed by atoms with E-state index in [-0.39, 0.29) is 22.5 Å². The van der Waals surface area contributed by atoms with Crippen molar-refractivity contribution in [2.75, 3.05) is 46.7 Å². The maximum absolute atomic E-state index is 13.6. The van der Waals surface area contributed by atoms with Crippen LogP contribution in [0.15, 0.2) is 17.0 Å². The highest BCUT2D eigenvalue weighted by atomic mass is 32.2. The van der Waals surface area contributed by atoms with Gasteiger partial charge in [-0.3, -0.25) is 4.79 Å². The second-order valence-corrected chi connectivity index (χ2v) is 9.29. The van der Waals surface area contributed by atoms with Crippen molar-refractivity contribution in [1.82, 2.24) is 4.90 Å². The Morgan fingerprint density at radius 3 is 2.60 bits per heavy atom. The number of nitrogens with zero attached hydrogens (tertiary/aromatic N) is 1. The van der Waals surface area contributed by atoms with Crippen molar-refractivity contribution in [3.63, 3.8) is 0 Å². The highest BCUT2D eigenvalue weighted by molar-refractivity contribution is 7.98. The summed E-state index contributed by atoms with van der Waals surface area (Å²) in [5.41, 5.74) is -0.702. The minimum atomic E-state index is -4.49. The Bertz CT molecular complexity index is 739. The van der Waals surface area contributed by atoms with Crippen LogP contribution in [0, 0.1) is 11.3 Å². The zero-order valence-corrected chi connectivity index (χ0v) is 18.6. The summed E-state index contributed by atoms with van der Waals surface area (Å²) >= 11 is 1.15. The molecule has 0 aliphatic carbocycles. The number of benzene rings is 1. The molecule has 2 fully saturated rings. The van der Waals surface area contributed by atoms with Gasteiger partial charge in [0.2, 0.25) is 0 Å². The Balaban J connectivity index is 1.97. The average molecular weight is 446 g/mol. The predicted octanol–water partition coefficient (Wildman–Crippen LogP) is 5.15. The van der Waals surface area contributed by atoms with Gasteiger partial charge in [0, 0.05) is 31.1 Å². The number of methoxy groups -OCH3 is 1. The molecule has 0 bridgehead atoms. The molecule has 0 saturated carbocycles. The summed E-state index contributed by atoms with van der Waals surface area (Å²) in [5.74, 6) is 0.244. The third-order valence-electron chi connectivity index (χ3n) is 6.51. The fraction of sp³-hybridized carbons (Fsp3) is 0.682. The Labute approximate surface area is 180 Å². The molecule has 168 valence electrons. The van der Waals surface area contributed by atoms with Gasteiger partial charge < -0.3 is 14.4 Å². The number of halogens is 3. The van der Waals surface area contributed by atoms with Crippen molar-refractivity contribution >= 4 is 17.5 Å². The number of thioether (sulfide) groups is 1. The number of Topliss-reactive ketones (excluding diaryl/α,β-unsaturated/α-hetero) is 1. The molecule has 0 radical (unpaired) electrons. The van der Waals surface area contributed by atoms with Gasteiger partial charge >= 0.3 is 6.18 Å². The van der Waals surface area contributed by atoms with Crippen molar-refractivity contribution < 1.29 is 27.4 Å². The Hall–Kier alpha value is -1.25. The molecule has 2 saturated heterocycles. The SMILES string of the molecule is COc1cc(C(F)(F)F)cc(SC)c1C(=O)CC1(C2CCOCC2)CCCN(C)C1. The number of rotatable bonds is 6. The van der Waals surface area contributed by atoms with Crippen LogP contribution >= 0.6 is 11.8 Å². The molecular formula is C22H30F3NO3S. The number of likely N-dealkylation sites (tertiary alicyclic amines) is 1. The number of hydrogen-bond acceptors (Lipinski definition) is 5. The van der Waals surface area contributed by atoms with Crippen LogP contribution in [0.5, 0.6) is 5.75 Å².